The molecule has 1 aromatic carbocycles. The zero-order valence-electron chi connectivity index (χ0n) is 8.47. The molecular weight excluding hydrogens is 202 g/mol. The molecule has 16 heavy (non-hydrogen) atoms. The van der Waals surface area contributed by atoms with Crippen LogP contribution in [0.3, 0.4) is 0 Å². The van der Waals surface area contributed by atoms with Crippen LogP contribution in [0.25, 0.3) is 5.57 Å². The molecule has 3 rings (SSSR count). The number of para-hydroxylation sites is 1. The number of nitrogens with zero attached hydrogens (tertiary/aromatic N) is 1. The predicted molar refractivity (Wildman–Crippen MR) is 59.0 cm³/mol. The van der Waals surface area contributed by atoms with E-state index >= 15 is 0 Å². The minimum atomic E-state index is -0.854. The average molecular weight is 211 g/mol. The number of carboxylic acids is 1. The molecule has 0 spiro atoms. The SMILES string of the molecule is O=C(O)C1=CC2=c3ccccc3=NC2=CC1. The summed E-state index contributed by atoms with van der Waals surface area (Å²) >= 11 is 0. The van der Waals surface area contributed by atoms with Crippen LogP contribution in [-0.4, -0.2) is 11.1 Å². The maximum atomic E-state index is 10.9. The van der Waals surface area contributed by atoms with Crippen molar-refractivity contribution in [3.05, 3.63) is 58.3 Å². The van der Waals surface area contributed by atoms with Gasteiger partial charge in [0.25, 0.3) is 0 Å². The van der Waals surface area contributed by atoms with E-state index in [1.807, 2.05) is 30.3 Å². The van der Waals surface area contributed by atoms with Crippen molar-refractivity contribution in [3.8, 4) is 0 Å². The fraction of sp³-hybridized carbons (Fsp3) is 0.0769. The Bertz CT molecular complexity index is 665. The molecule has 0 radical (unpaired) electrons. The number of carbonyl (C=O) groups is 1. The summed E-state index contributed by atoms with van der Waals surface area (Å²) in [6.07, 6.45) is 4.05. The first-order valence-corrected chi connectivity index (χ1v) is 5.08. The Morgan fingerprint density at radius 3 is 2.94 bits per heavy atom. The molecule has 78 valence electrons. The van der Waals surface area contributed by atoms with Gasteiger partial charge in [-0.15, -0.1) is 0 Å². The Balaban J connectivity index is 2.31. The van der Waals surface area contributed by atoms with Crippen LogP contribution in [0.5, 0.6) is 0 Å². The highest BCUT2D eigenvalue weighted by Crippen LogP contribution is 2.24. The maximum Gasteiger partial charge on any atom is 0.331 e. The molecule has 0 bridgehead atoms. The second-order valence-corrected chi connectivity index (χ2v) is 3.81. The highest BCUT2D eigenvalue weighted by atomic mass is 16.4. The third-order valence-corrected chi connectivity index (χ3v) is 2.82. The molecule has 0 atom stereocenters. The Hall–Kier alpha value is -2.16. The molecule has 0 fully saturated rings. The largest absolute Gasteiger partial charge is 0.478 e. The topological polar surface area (TPSA) is 49.7 Å². The molecular formula is C13H9NO2. The van der Waals surface area contributed by atoms with Crippen molar-refractivity contribution in [2.75, 3.05) is 0 Å². The summed E-state index contributed by atoms with van der Waals surface area (Å²) in [7, 11) is 0. The van der Waals surface area contributed by atoms with Gasteiger partial charge in [0.15, 0.2) is 0 Å². The Kier molecular flexibility index (Phi) is 1.80. The van der Waals surface area contributed by atoms with E-state index in [4.69, 9.17) is 5.11 Å². The number of fused-ring (bicyclic) bond motifs is 2. The lowest BCUT2D eigenvalue weighted by molar-refractivity contribution is -0.132. The van der Waals surface area contributed by atoms with Crippen LogP contribution < -0.4 is 10.6 Å². The quantitative estimate of drug-likeness (QED) is 0.745. The summed E-state index contributed by atoms with van der Waals surface area (Å²) in [4.78, 5) is 15.4. The molecule has 0 aromatic heterocycles. The Morgan fingerprint density at radius 1 is 1.31 bits per heavy atom. The maximum absolute atomic E-state index is 10.9. The van der Waals surface area contributed by atoms with Crippen LogP contribution in [0, 0.1) is 0 Å². The lowest BCUT2D eigenvalue weighted by atomic mass is 9.99. The van der Waals surface area contributed by atoms with Crippen molar-refractivity contribution in [2.24, 2.45) is 4.99 Å². The molecule has 0 saturated heterocycles. The molecule has 1 N–H and O–H groups in total. The first-order valence-electron chi connectivity index (χ1n) is 5.08. The average Bonchev–Trinajstić information content (AvgIpc) is 2.66. The van der Waals surface area contributed by atoms with Crippen molar-refractivity contribution in [1.29, 1.82) is 0 Å². The number of benzene rings is 1. The number of rotatable bonds is 1. The summed E-state index contributed by atoms with van der Waals surface area (Å²) in [6, 6.07) is 7.78. The second kappa shape index (κ2) is 3.17. The number of aliphatic carboxylic acids is 1. The molecule has 1 aromatic rings. The summed E-state index contributed by atoms with van der Waals surface area (Å²) in [5, 5.41) is 10.9. The van der Waals surface area contributed by atoms with E-state index in [1.165, 1.54) is 0 Å². The van der Waals surface area contributed by atoms with Crippen molar-refractivity contribution in [1.82, 2.24) is 0 Å². The first kappa shape index (κ1) is 9.09. The zero-order valence-corrected chi connectivity index (χ0v) is 8.47. The van der Waals surface area contributed by atoms with Crippen LogP contribution in [0.1, 0.15) is 6.42 Å². The molecule has 3 heteroatoms. The third-order valence-electron chi connectivity index (χ3n) is 2.82. The molecule has 0 amide bonds. The van der Waals surface area contributed by atoms with Crippen molar-refractivity contribution in [2.45, 2.75) is 6.42 Å². The number of hydrogen-bond donors (Lipinski definition) is 1. The highest BCUT2D eigenvalue weighted by Gasteiger charge is 2.18. The summed E-state index contributed by atoms with van der Waals surface area (Å²) in [5.41, 5.74) is 2.25. The lowest BCUT2D eigenvalue weighted by Crippen LogP contribution is -2.21. The fourth-order valence-corrected chi connectivity index (χ4v) is 2.02. The van der Waals surface area contributed by atoms with E-state index in [0.29, 0.717) is 12.0 Å². The normalized spacial score (nSPS) is 16.9. The molecule has 0 saturated carbocycles. The standard InChI is InChI=1S/C13H9NO2/c15-13(16)8-5-6-12-10(7-8)9-3-1-2-4-11(9)14-12/h1-4,6-7H,5H2,(H,15,16). The van der Waals surface area contributed by atoms with E-state index in [-0.39, 0.29) is 0 Å². The van der Waals surface area contributed by atoms with Gasteiger partial charge in [-0.1, -0.05) is 24.3 Å². The van der Waals surface area contributed by atoms with Gasteiger partial charge in [0.05, 0.1) is 11.1 Å². The van der Waals surface area contributed by atoms with Gasteiger partial charge >= 0.3 is 5.97 Å². The van der Waals surface area contributed by atoms with Gasteiger partial charge in [0.1, 0.15) is 0 Å². The third kappa shape index (κ3) is 1.21. The number of hydrogen-bond acceptors (Lipinski definition) is 2. The molecule has 2 aliphatic rings. The predicted octanol–water partition coefficient (Wildman–Crippen LogP) is 0.769. The highest BCUT2D eigenvalue weighted by molar-refractivity contribution is 5.93. The minimum absolute atomic E-state index is 0.422. The van der Waals surface area contributed by atoms with Gasteiger partial charge in [-0.2, -0.15) is 0 Å². The fourth-order valence-electron chi connectivity index (χ4n) is 2.02. The van der Waals surface area contributed by atoms with Gasteiger partial charge in [-0.05, 0) is 18.6 Å². The van der Waals surface area contributed by atoms with Crippen molar-refractivity contribution < 1.29 is 9.90 Å². The van der Waals surface area contributed by atoms with Gasteiger partial charge in [-0.3, -0.25) is 0 Å². The summed E-state index contributed by atoms with van der Waals surface area (Å²) in [5.74, 6) is -0.854. The second-order valence-electron chi connectivity index (χ2n) is 3.81. The molecule has 1 aliphatic carbocycles. The van der Waals surface area contributed by atoms with Crippen molar-refractivity contribution >= 4 is 11.5 Å². The summed E-state index contributed by atoms with van der Waals surface area (Å²) in [6.45, 7) is 0. The lowest BCUT2D eigenvalue weighted by Gasteiger charge is -2.07. The number of carboxylic acid groups (broad SMARTS) is 1. The van der Waals surface area contributed by atoms with E-state index < -0.39 is 5.97 Å². The van der Waals surface area contributed by atoms with Crippen LogP contribution in [0.2, 0.25) is 0 Å². The molecule has 1 aliphatic heterocycles. The number of allylic oxidation sites excluding steroid dienone is 2. The Morgan fingerprint density at radius 2 is 2.12 bits per heavy atom. The van der Waals surface area contributed by atoms with Crippen LogP contribution in [0.4, 0.5) is 0 Å². The smallest absolute Gasteiger partial charge is 0.331 e. The van der Waals surface area contributed by atoms with Gasteiger partial charge in [-0.25, -0.2) is 9.79 Å². The minimum Gasteiger partial charge on any atom is -0.478 e. The molecule has 0 unspecified atom stereocenters. The van der Waals surface area contributed by atoms with Crippen LogP contribution in [-0.2, 0) is 4.79 Å². The zero-order chi connectivity index (χ0) is 11.1. The van der Waals surface area contributed by atoms with E-state index in [9.17, 15) is 4.79 Å². The first-order chi connectivity index (χ1) is 7.75. The van der Waals surface area contributed by atoms with E-state index in [2.05, 4.69) is 4.99 Å². The monoisotopic (exact) mass is 211 g/mol. The summed E-state index contributed by atoms with van der Waals surface area (Å²) < 4.78 is 0. The molecule has 3 nitrogen and oxygen atoms in total. The van der Waals surface area contributed by atoms with E-state index in [1.54, 1.807) is 6.08 Å². The van der Waals surface area contributed by atoms with Crippen molar-refractivity contribution in [3.63, 3.8) is 0 Å². The Labute approximate surface area is 91.8 Å². The van der Waals surface area contributed by atoms with Gasteiger partial charge < -0.3 is 5.11 Å². The van der Waals surface area contributed by atoms with Gasteiger partial charge in [0, 0.05) is 16.4 Å². The van der Waals surface area contributed by atoms with E-state index in [0.717, 1.165) is 21.8 Å². The molecule has 1 heterocycles. The van der Waals surface area contributed by atoms with Gasteiger partial charge in [0.2, 0.25) is 0 Å². The van der Waals surface area contributed by atoms with Crippen LogP contribution >= 0.6 is 0 Å². The van der Waals surface area contributed by atoms with Crippen LogP contribution in [0.15, 0.2) is 52.7 Å².